The molecule has 2 heterocycles. The van der Waals surface area contributed by atoms with Gasteiger partial charge in [0.25, 0.3) is 5.91 Å². The molecule has 1 aliphatic heterocycles. The number of carbonyl (C=O) groups is 2. The molecule has 0 bridgehead atoms. The third kappa shape index (κ3) is 2.12. The number of nitrogens with zero attached hydrogens (tertiary/aromatic N) is 1. The van der Waals surface area contributed by atoms with Crippen LogP contribution in [0.4, 0.5) is 0 Å². The lowest BCUT2D eigenvalue weighted by molar-refractivity contribution is -0.143. The molecule has 0 radical (unpaired) electrons. The normalized spacial score (nSPS) is 14.1. The number of hydrogen-bond acceptors (Lipinski definition) is 4. The quantitative estimate of drug-likeness (QED) is 0.803. The van der Waals surface area contributed by atoms with Crippen molar-refractivity contribution in [3.63, 3.8) is 0 Å². The third-order valence-corrected chi connectivity index (χ3v) is 3.88. The molecule has 0 atom stereocenters. The topological polar surface area (TPSA) is 46.6 Å². The standard InChI is InChI=1S/C10H10BrNO3S/c1-2-15-9(13)5-12-4-7-6(10(12)14)3-8(11)16-7/h3H,2,4-5H2,1H3. The van der Waals surface area contributed by atoms with Crippen LogP contribution in [0.15, 0.2) is 9.85 Å². The molecule has 6 heteroatoms. The average molecular weight is 304 g/mol. The first-order chi connectivity index (χ1) is 7.61. The van der Waals surface area contributed by atoms with Gasteiger partial charge in [-0.25, -0.2) is 0 Å². The van der Waals surface area contributed by atoms with Crippen LogP contribution in [0.3, 0.4) is 0 Å². The van der Waals surface area contributed by atoms with Crippen molar-refractivity contribution >= 4 is 39.1 Å². The molecule has 0 aromatic carbocycles. The molecule has 2 rings (SSSR count). The Labute approximate surface area is 105 Å². The van der Waals surface area contributed by atoms with E-state index >= 15 is 0 Å². The summed E-state index contributed by atoms with van der Waals surface area (Å²) in [4.78, 5) is 25.6. The Morgan fingerprint density at radius 1 is 1.69 bits per heavy atom. The predicted molar refractivity (Wildman–Crippen MR) is 63.4 cm³/mol. The smallest absolute Gasteiger partial charge is 0.325 e. The summed E-state index contributed by atoms with van der Waals surface area (Å²) in [5, 5.41) is 0. The predicted octanol–water partition coefficient (Wildman–Crippen LogP) is 2.03. The number of halogens is 1. The van der Waals surface area contributed by atoms with Gasteiger partial charge >= 0.3 is 5.97 Å². The molecule has 0 fully saturated rings. The zero-order valence-corrected chi connectivity index (χ0v) is 11.1. The second kappa shape index (κ2) is 4.55. The minimum atomic E-state index is -0.356. The first-order valence-electron chi connectivity index (χ1n) is 4.85. The fourth-order valence-electron chi connectivity index (χ4n) is 1.60. The second-order valence-corrected chi connectivity index (χ2v) is 5.87. The second-order valence-electron chi connectivity index (χ2n) is 3.35. The zero-order chi connectivity index (χ0) is 11.7. The van der Waals surface area contributed by atoms with E-state index in [1.165, 1.54) is 16.2 Å². The van der Waals surface area contributed by atoms with Gasteiger partial charge in [-0.15, -0.1) is 11.3 Å². The molecule has 0 unspecified atom stereocenters. The third-order valence-electron chi connectivity index (χ3n) is 2.26. The van der Waals surface area contributed by atoms with Crippen molar-refractivity contribution in [1.82, 2.24) is 4.90 Å². The highest BCUT2D eigenvalue weighted by Crippen LogP contribution is 2.33. The minimum Gasteiger partial charge on any atom is -0.465 e. The summed E-state index contributed by atoms with van der Waals surface area (Å²) in [7, 11) is 0. The highest BCUT2D eigenvalue weighted by atomic mass is 79.9. The number of rotatable bonds is 3. The molecule has 86 valence electrons. The monoisotopic (exact) mass is 303 g/mol. The van der Waals surface area contributed by atoms with Crippen LogP contribution in [0.25, 0.3) is 0 Å². The first kappa shape index (κ1) is 11.6. The van der Waals surface area contributed by atoms with Gasteiger partial charge in [0, 0.05) is 4.88 Å². The summed E-state index contributed by atoms with van der Waals surface area (Å²) in [5.41, 5.74) is 0.696. The average Bonchev–Trinajstić information content (AvgIpc) is 2.68. The van der Waals surface area contributed by atoms with Crippen molar-refractivity contribution < 1.29 is 14.3 Å². The zero-order valence-electron chi connectivity index (χ0n) is 8.66. The van der Waals surface area contributed by atoms with E-state index in [1.54, 1.807) is 13.0 Å². The fraction of sp³-hybridized carbons (Fsp3) is 0.400. The SMILES string of the molecule is CCOC(=O)CN1Cc2sc(Br)cc2C1=O. The number of amides is 1. The summed E-state index contributed by atoms with van der Waals surface area (Å²) in [5.74, 6) is -0.449. The summed E-state index contributed by atoms with van der Waals surface area (Å²) in [6.45, 7) is 2.63. The van der Waals surface area contributed by atoms with Gasteiger partial charge < -0.3 is 9.64 Å². The molecule has 16 heavy (non-hydrogen) atoms. The first-order valence-corrected chi connectivity index (χ1v) is 6.46. The molecule has 1 aromatic rings. The van der Waals surface area contributed by atoms with E-state index in [1.807, 2.05) is 0 Å². The minimum absolute atomic E-state index is 0.0334. The van der Waals surface area contributed by atoms with Crippen LogP contribution in [0.1, 0.15) is 22.2 Å². The maximum atomic E-state index is 11.9. The van der Waals surface area contributed by atoms with Crippen molar-refractivity contribution in [2.45, 2.75) is 13.5 Å². The summed E-state index contributed by atoms with van der Waals surface area (Å²) >= 11 is 4.86. The van der Waals surface area contributed by atoms with E-state index in [9.17, 15) is 9.59 Å². The van der Waals surface area contributed by atoms with Gasteiger partial charge in [0.1, 0.15) is 6.54 Å². The van der Waals surface area contributed by atoms with E-state index in [0.717, 1.165) is 8.66 Å². The molecule has 0 N–H and O–H groups in total. The van der Waals surface area contributed by atoms with Crippen LogP contribution in [0.2, 0.25) is 0 Å². The Balaban J connectivity index is 2.05. The molecular weight excluding hydrogens is 294 g/mol. The lowest BCUT2D eigenvalue weighted by Crippen LogP contribution is -2.31. The van der Waals surface area contributed by atoms with E-state index in [4.69, 9.17) is 4.74 Å². The van der Waals surface area contributed by atoms with Crippen LogP contribution in [0.5, 0.6) is 0 Å². The van der Waals surface area contributed by atoms with Crippen LogP contribution >= 0.6 is 27.3 Å². The lowest BCUT2D eigenvalue weighted by Gasteiger charge is -2.14. The Hall–Kier alpha value is -0.880. The maximum Gasteiger partial charge on any atom is 0.325 e. The molecule has 1 aliphatic rings. The Morgan fingerprint density at radius 3 is 3.06 bits per heavy atom. The Kier molecular flexibility index (Phi) is 3.30. The van der Waals surface area contributed by atoms with E-state index in [-0.39, 0.29) is 18.4 Å². The number of carbonyl (C=O) groups excluding carboxylic acids is 2. The number of esters is 1. The molecule has 0 saturated heterocycles. The Bertz CT molecular complexity index is 443. The summed E-state index contributed by atoms with van der Waals surface area (Å²) in [6, 6.07) is 1.80. The van der Waals surface area contributed by atoms with Gasteiger partial charge in [-0.1, -0.05) is 0 Å². The van der Waals surface area contributed by atoms with Crippen LogP contribution in [-0.4, -0.2) is 29.9 Å². The van der Waals surface area contributed by atoms with E-state index in [2.05, 4.69) is 15.9 Å². The van der Waals surface area contributed by atoms with Gasteiger partial charge in [-0.3, -0.25) is 9.59 Å². The summed E-state index contributed by atoms with van der Waals surface area (Å²) in [6.07, 6.45) is 0. The van der Waals surface area contributed by atoms with Crippen LogP contribution < -0.4 is 0 Å². The molecule has 0 saturated carbocycles. The molecule has 1 amide bonds. The van der Waals surface area contributed by atoms with Crippen LogP contribution in [0, 0.1) is 0 Å². The molecule has 1 aromatic heterocycles. The molecule has 0 spiro atoms. The van der Waals surface area contributed by atoms with Crippen molar-refractivity contribution in [3.05, 3.63) is 20.3 Å². The lowest BCUT2D eigenvalue weighted by atomic mass is 10.3. The van der Waals surface area contributed by atoms with Gasteiger partial charge in [-0.05, 0) is 28.9 Å². The largest absolute Gasteiger partial charge is 0.465 e. The van der Waals surface area contributed by atoms with Crippen LogP contribution in [-0.2, 0) is 16.1 Å². The highest BCUT2D eigenvalue weighted by molar-refractivity contribution is 9.11. The number of fused-ring (bicyclic) bond motifs is 1. The molecule has 0 aliphatic carbocycles. The van der Waals surface area contributed by atoms with Gasteiger partial charge in [0.15, 0.2) is 0 Å². The summed E-state index contributed by atoms with van der Waals surface area (Å²) < 4.78 is 5.76. The molecule has 4 nitrogen and oxygen atoms in total. The van der Waals surface area contributed by atoms with Gasteiger partial charge in [0.2, 0.25) is 0 Å². The number of hydrogen-bond donors (Lipinski definition) is 0. The number of ether oxygens (including phenoxy) is 1. The molecular formula is C10H10BrNO3S. The van der Waals surface area contributed by atoms with E-state index in [0.29, 0.717) is 18.7 Å². The van der Waals surface area contributed by atoms with Crippen molar-refractivity contribution in [2.75, 3.05) is 13.2 Å². The van der Waals surface area contributed by atoms with Crippen molar-refractivity contribution in [1.29, 1.82) is 0 Å². The number of thiophene rings is 1. The maximum absolute atomic E-state index is 11.9. The van der Waals surface area contributed by atoms with Crippen molar-refractivity contribution in [3.8, 4) is 0 Å². The highest BCUT2D eigenvalue weighted by Gasteiger charge is 2.31. The van der Waals surface area contributed by atoms with E-state index < -0.39 is 0 Å². The van der Waals surface area contributed by atoms with Gasteiger partial charge in [-0.2, -0.15) is 0 Å². The Morgan fingerprint density at radius 2 is 2.44 bits per heavy atom. The fourth-order valence-corrected chi connectivity index (χ4v) is 3.30. The van der Waals surface area contributed by atoms with Gasteiger partial charge in [0.05, 0.1) is 22.5 Å². The van der Waals surface area contributed by atoms with Crippen molar-refractivity contribution in [2.24, 2.45) is 0 Å².